The molecule has 0 unspecified atom stereocenters. The summed E-state index contributed by atoms with van der Waals surface area (Å²) in [5, 5.41) is 3.45. The third kappa shape index (κ3) is 4.10. The zero-order valence-electron chi connectivity index (χ0n) is 12.0. The van der Waals surface area contributed by atoms with E-state index in [1.165, 1.54) is 11.1 Å². The monoisotopic (exact) mass is 395 g/mol. The van der Waals surface area contributed by atoms with Crippen LogP contribution < -0.4 is 5.32 Å². The summed E-state index contributed by atoms with van der Waals surface area (Å²) in [6.45, 7) is 7.53. The van der Waals surface area contributed by atoms with E-state index in [2.05, 4.69) is 88.3 Å². The van der Waals surface area contributed by atoms with E-state index in [0.717, 1.165) is 21.2 Å². The van der Waals surface area contributed by atoms with Gasteiger partial charge in [0, 0.05) is 21.2 Å². The maximum Gasteiger partial charge on any atom is 0.0488 e. The number of benzene rings is 2. The van der Waals surface area contributed by atoms with E-state index in [4.69, 9.17) is 0 Å². The minimum absolute atomic E-state index is 0.209. The minimum Gasteiger partial charge on any atom is -0.380 e. The van der Waals surface area contributed by atoms with E-state index in [1.807, 2.05) is 12.1 Å². The zero-order valence-corrected chi connectivity index (χ0v) is 15.2. The number of halogens is 2. The smallest absolute Gasteiger partial charge is 0.0488 e. The molecule has 0 amide bonds. The summed E-state index contributed by atoms with van der Waals surface area (Å²) in [5.74, 6) is 0. The van der Waals surface area contributed by atoms with Crippen molar-refractivity contribution in [1.82, 2.24) is 0 Å². The molecule has 0 aliphatic heterocycles. The Morgan fingerprint density at radius 1 is 0.950 bits per heavy atom. The molecule has 3 heteroatoms. The molecule has 1 nitrogen and oxygen atoms in total. The molecule has 0 aromatic heterocycles. The molecule has 1 N–H and O–H groups in total. The van der Waals surface area contributed by atoms with Crippen molar-refractivity contribution in [3.05, 3.63) is 62.5 Å². The van der Waals surface area contributed by atoms with Crippen LogP contribution in [0.5, 0.6) is 0 Å². The van der Waals surface area contributed by atoms with Gasteiger partial charge in [-0.1, -0.05) is 61.0 Å². The maximum absolute atomic E-state index is 3.57. The predicted molar refractivity (Wildman–Crippen MR) is 94.3 cm³/mol. The van der Waals surface area contributed by atoms with Crippen LogP contribution in [-0.4, -0.2) is 0 Å². The second-order valence-corrected chi connectivity index (χ2v) is 7.69. The van der Waals surface area contributed by atoms with Gasteiger partial charge >= 0.3 is 0 Å². The molecule has 0 aliphatic carbocycles. The summed E-state index contributed by atoms with van der Waals surface area (Å²) in [6.07, 6.45) is 0. The summed E-state index contributed by atoms with van der Waals surface area (Å²) in [5.41, 5.74) is 3.97. The normalized spacial score (nSPS) is 11.4. The predicted octanol–water partition coefficient (Wildman–Crippen LogP) is 6.12. The number of rotatable bonds is 3. The van der Waals surface area contributed by atoms with Crippen LogP contribution in [0.2, 0.25) is 0 Å². The van der Waals surface area contributed by atoms with Crippen molar-refractivity contribution in [3.8, 4) is 0 Å². The molecule has 0 spiro atoms. The first kappa shape index (κ1) is 15.6. The van der Waals surface area contributed by atoms with Crippen molar-refractivity contribution in [2.75, 3.05) is 5.32 Å². The molecule has 0 fully saturated rings. The van der Waals surface area contributed by atoms with Gasteiger partial charge in [0.15, 0.2) is 0 Å². The Morgan fingerprint density at radius 3 is 2.15 bits per heavy atom. The number of hydrogen-bond acceptors (Lipinski definition) is 1. The van der Waals surface area contributed by atoms with Crippen LogP contribution in [0.4, 0.5) is 5.69 Å². The molecule has 2 aromatic rings. The Balaban J connectivity index is 2.04. The van der Waals surface area contributed by atoms with Crippen molar-refractivity contribution in [2.24, 2.45) is 0 Å². The van der Waals surface area contributed by atoms with Gasteiger partial charge in [-0.25, -0.2) is 0 Å². The quantitative estimate of drug-likeness (QED) is 0.658. The number of hydrogen-bond donors (Lipinski definition) is 1. The van der Waals surface area contributed by atoms with Crippen LogP contribution in [-0.2, 0) is 12.0 Å². The van der Waals surface area contributed by atoms with Gasteiger partial charge in [0.25, 0.3) is 0 Å². The van der Waals surface area contributed by atoms with Gasteiger partial charge in [0.05, 0.1) is 0 Å². The first-order valence-corrected chi connectivity index (χ1v) is 8.23. The average molecular weight is 397 g/mol. The lowest BCUT2D eigenvalue weighted by Crippen LogP contribution is -2.11. The van der Waals surface area contributed by atoms with Gasteiger partial charge < -0.3 is 5.32 Å². The van der Waals surface area contributed by atoms with Gasteiger partial charge in [-0.3, -0.25) is 0 Å². The fourth-order valence-electron chi connectivity index (χ4n) is 1.95. The SMILES string of the molecule is CC(C)(C)c1ccc(CNc2ccc(Br)cc2Br)cc1. The van der Waals surface area contributed by atoms with Gasteiger partial charge in [-0.15, -0.1) is 0 Å². The highest BCUT2D eigenvalue weighted by atomic mass is 79.9. The highest BCUT2D eigenvalue weighted by molar-refractivity contribution is 9.11. The lowest BCUT2D eigenvalue weighted by Gasteiger charge is -2.19. The fraction of sp³-hybridized carbons (Fsp3) is 0.294. The van der Waals surface area contributed by atoms with Crippen molar-refractivity contribution in [2.45, 2.75) is 32.7 Å². The van der Waals surface area contributed by atoms with Crippen LogP contribution >= 0.6 is 31.9 Å². The van der Waals surface area contributed by atoms with E-state index in [1.54, 1.807) is 0 Å². The van der Waals surface area contributed by atoms with Crippen molar-refractivity contribution >= 4 is 37.5 Å². The molecule has 2 rings (SSSR count). The van der Waals surface area contributed by atoms with Crippen LogP contribution in [0.3, 0.4) is 0 Å². The second-order valence-electron chi connectivity index (χ2n) is 5.92. The van der Waals surface area contributed by atoms with Crippen LogP contribution in [0.1, 0.15) is 31.9 Å². The molecular formula is C17H19Br2N. The highest BCUT2D eigenvalue weighted by Crippen LogP contribution is 2.27. The molecule has 0 radical (unpaired) electrons. The van der Waals surface area contributed by atoms with Crippen molar-refractivity contribution in [3.63, 3.8) is 0 Å². The molecule has 0 aliphatic rings. The van der Waals surface area contributed by atoms with Gasteiger partial charge in [0.1, 0.15) is 0 Å². The molecule has 0 bridgehead atoms. The zero-order chi connectivity index (χ0) is 14.8. The standard InChI is InChI=1S/C17H19Br2N/c1-17(2,3)13-6-4-12(5-7-13)11-20-16-9-8-14(18)10-15(16)19/h4-10,20H,11H2,1-3H3. The summed E-state index contributed by atoms with van der Waals surface area (Å²) in [7, 11) is 0. The summed E-state index contributed by atoms with van der Waals surface area (Å²) in [4.78, 5) is 0. The maximum atomic E-state index is 3.57. The lowest BCUT2D eigenvalue weighted by atomic mass is 9.87. The molecule has 20 heavy (non-hydrogen) atoms. The topological polar surface area (TPSA) is 12.0 Å². The molecule has 0 saturated carbocycles. The van der Waals surface area contributed by atoms with Crippen LogP contribution in [0.15, 0.2) is 51.4 Å². The Bertz CT molecular complexity index is 583. The molecule has 0 saturated heterocycles. The first-order chi connectivity index (χ1) is 9.36. The van der Waals surface area contributed by atoms with Gasteiger partial charge in [-0.05, 0) is 50.7 Å². The van der Waals surface area contributed by atoms with E-state index in [9.17, 15) is 0 Å². The lowest BCUT2D eigenvalue weighted by molar-refractivity contribution is 0.590. The molecular weight excluding hydrogens is 378 g/mol. The van der Waals surface area contributed by atoms with E-state index in [-0.39, 0.29) is 5.41 Å². The minimum atomic E-state index is 0.209. The largest absolute Gasteiger partial charge is 0.380 e. The van der Waals surface area contributed by atoms with Crippen molar-refractivity contribution in [1.29, 1.82) is 0 Å². The third-order valence-electron chi connectivity index (χ3n) is 3.23. The number of nitrogens with one attached hydrogen (secondary N) is 1. The summed E-state index contributed by atoms with van der Waals surface area (Å²) in [6, 6.07) is 15.0. The average Bonchev–Trinajstić information content (AvgIpc) is 2.37. The first-order valence-electron chi connectivity index (χ1n) is 6.64. The van der Waals surface area contributed by atoms with Crippen LogP contribution in [0, 0.1) is 0 Å². The van der Waals surface area contributed by atoms with E-state index in [0.29, 0.717) is 0 Å². The third-order valence-corrected chi connectivity index (χ3v) is 4.38. The summed E-state index contributed by atoms with van der Waals surface area (Å²) < 4.78 is 2.14. The number of anilines is 1. The molecule has 0 atom stereocenters. The summed E-state index contributed by atoms with van der Waals surface area (Å²) >= 11 is 7.03. The van der Waals surface area contributed by atoms with Crippen molar-refractivity contribution < 1.29 is 0 Å². The molecule has 0 heterocycles. The Labute approximate surface area is 138 Å². The Morgan fingerprint density at radius 2 is 1.60 bits per heavy atom. The van der Waals surface area contributed by atoms with Crippen LogP contribution in [0.25, 0.3) is 0 Å². The van der Waals surface area contributed by atoms with Gasteiger partial charge in [-0.2, -0.15) is 0 Å². The Kier molecular flexibility index (Phi) is 4.92. The molecule has 2 aromatic carbocycles. The van der Waals surface area contributed by atoms with E-state index >= 15 is 0 Å². The highest BCUT2D eigenvalue weighted by Gasteiger charge is 2.12. The Hall–Kier alpha value is -0.800. The fourth-order valence-corrected chi connectivity index (χ4v) is 3.14. The van der Waals surface area contributed by atoms with E-state index < -0.39 is 0 Å². The second kappa shape index (κ2) is 6.31. The van der Waals surface area contributed by atoms with Gasteiger partial charge in [0.2, 0.25) is 0 Å². The molecule has 106 valence electrons.